The van der Waals surface area contributed by atoms with E-state index in [1.165, 1.54) is 24.3 Å². The maximum atomic E-state index is 12.3. The highest BCUT2D eigenvalue weighted by Crippen LogP contribution is 2.33. The van der Waals surface area contributed by atoms with Crippen LogP contribution in [-0.4, -0.2) is 29.0 Å². The van der Waals surface area contributed by atoms with Crippen LogP contribution >= 0.6 is 11.6 Å². The quantitative estimate of drug-likeness (QED) is 0.577. The Labute approximate surface area is 151 Å². The maximum Gasteiger partial charge on any atom is 0.319 e. The minimum atomic E-state index is -2.69. The first-order chi connectivity index (χ1) is 12.4. The molecule has 2 aromatic rings. The van der Waals surface area contributed by atoms with E-state index in [0.29, 0.717) is 5.69 Å². The predicted molar refractivity (Wildman–Crippen MR) is 91.6 cm³/mol. The zero-order valence-electron chi connectivity index (χ0n) is 13.4. The number of alkyl halides is 2. The van der Waals surface area contributed by atoms with Gasteiger partial charge < -0.3 is 26.1 Å². The Bertz CT molecular complexity index is 831. The molecule has 1 heterocycles. The molecule has 0 aliphatic heterocycles. The van der Waals surface area contributed by atoms with Crippen LogP contribution in [0.3, 0.4) is 0 Å². The molecule has 0 bridgehead atoms. The highest BCUT2D eigenvalue weighted by molar-refractivity contribution is 6.32. The Morgan fingerprint density at radius 2 is 2.19 bits per heavy atom. The molecule has 2 amide bonds. The van der Waals surface area contributed by atoms with E-state index >= 15 is 0 Å². The van der Waals surface area contributed by atoms with Crippen LogP contribution in [-0.2, 0) is 13.1 Å². The van der Waals surface area contributed by atoms with Crippen molar-refractivity contribution >= 4 is 23.3 Å². The van der Waals surface area contributed by atoms with E-state index in [1.54, 1.807) is 0 Å². The molecule has 8 nitrogen and oxygen atoms in total. The fraction of sp³-hybridized carbons (Fsp3) is 0.267. The van der Waals surface area contributed by atoms with E-state index in [1.807, 2.05) is 0 Å². The summed E-state index contributed by atoms with van der Waals surface area (Å²) in [6.45, 7) is -0.865. The van der Waals surface area contributed by atoms with Gasteiger partial charge in [0.1, 0.15) is 12.4 Å². The molecule has 2 rings (SSSR count). The number of benzene rings is 1. The molecule has 0 spiro atoms. The lowest BCUT2D eigenvalue weighted by molar-refractivity contribution is 0.0823. The summed E-state index contributed by atoms with van der Waals surface area (Å²) < 4.78 is 29.6. The first kappa shape index (κ1) is 19.6. The van der Waals surface area contributed by atoms with Crippen LogP contribution in [0.25, 0.3) is 0 Å². The van der Waals surface area contributed by atoms with Crippen LogP contribution in [0, 0.1) is 0 Å². The van der Waals surface area contributed by atoms with Gasteiger partial charge >= 0.3 is 6.03 Å². The van der Waals surface area contributed by atoms with Gasteiger partial charge in [0.05, 0.1) is 22.9 Å². The summed E-state index contributed by atoms with van der Waals surface area (Å²) in [7, 11) is 0. The van der Waals surface area contributed by atoms with Crippen molar-refractivity contribution in [2.24, 2.45) is 5.73 Å². The van der Waals surface area contributed by atoms with Gasteiger partial charge in [0.25, 0.3) is 12.0 Å². The number of nitrogens with two attached hydrogens (primary N) is 1. The Morgan fingerprint density at radius 3 is 2.88 bits per heavy atom. The fourth-order valence-corrected chi connectivity index (χ4v) is 2.21. The smallest absolute Gasteiger partial charge is 0.319 e. The van der Waals surface area contributed by atoms with Gasteiger partial charge in [-0.3, -0.25) is 4.79 Å². The van der Waals surface area contributed by atoms with Gasteiger partial charge in [0.2, 0.25) is 0 Å². The number of urea groups is 1. The summed E-state index contributed by atoms with van der Waals surface area (Å²) in [5, 5.41) is 4.98. The maximum absolute atomic E-state index is 12.3. The van der Waals surface area contributed by atoms with Gasteiger partial charge in [-0.25, -0.2) is 18.6 Å². The molecule has 0 radical (unpaired) electrons. The highest BCUT2D eigenvalue weighted by atomic mass is 35.5. The number of anilines is 1. The number of nitrogens with one attached hydrogen (secondary N) is 3. The van der Waals surface area contributed by atoms with E-state index in [9.17, 15) is 18.4 Å². The molecule has 0 aliphatic rings. The molecule has 0 aliphatic carbocycles. The average Bonchev–Trinajstić information content (AvgIpc) is 2.58. The summed E-state index contributed by atoms with van der Waals surface area (Å²) in [5.41, 5.74) is 5.53. The van der Waals surface area contributed by atoms with Crippen LogP contribution in [0.4, 0.5) is 19.3 Å². The second-order valence-electron chi connectivity index (χ2n) is 5.01. The molecule has 0 saturated heterocycles. The monoisotopic (exact) mass is 387 g/mol. The molecule has 26 heavy (non-hydrogen) atoms. The standard InChI is InChI=1S/C15H16ClF2N5O3/c16-9-2-1-3-10(14(9)26-7-11(17)18)22-15(25)20-6-12-21-8(5-19)4-13(24)23-12/h1-4,11H,5-7,19H2,(H2,20,22,25)(H,21,23,24). The molecular formula is C15H16ClF2N5O3. The Morgan fingerprint density at radius 1 is 1.42 bits per heavy atom. The molecule has 0 atom stereocenters. The van der Waals surface area contributed by atoms with Crippen LogP contribution in [0.2, 0.25) is 5.02 Å². The lowest BCUT2D eigenvalue weighted by Gasteiger charge is -2.14. The van der Waals surface area contributed by atoms with Crippen molar-refractivity contribution in [1.82, 2.24) is 15.3 Å². The van der Waals surface area contributed by atoms with Gasteiger partial charge in [-0.15, -0.1) is 0 Å². The topological polar surface area (TPSA) is 122 Å². The number of para-hydroxylation sites is 1. The van der Waals surface area contributed by atoms with Gasteiger partial charge in [0, 0.05) is 12.6 Å². The van der Waals surface area contributed by atoms with Crippen molar-refractivity contribution in [3.05, 3.63) is 51.2 Å². The number of carbonyl (C=O) groups excluding carboxylic acids is 1. The number of aromatic amines is 1. The van der Waals surface area contributed by atoms with Crippen molar-refractivity contribution in [3.8, 4) is 5.75 Å². The summed E-state index contributed by atoms with van der Waals surface area (Å²) in [4.78, 5) is 30.0. The molecular weight excluding hydrogens is 372 g/mol. The summed E-state index contributed by atoms with van der Waals surface area (Å²) >= 11 is 5.92. The lowest BCUT2D eigenvalue weighted by Crippen LogP contribution is -2.30. The second kappa shape index (κ2) is 9.11. The van der Waals surface area contributed by atoms with Crippen molar-refractivity contribution in [3.63, 3.8) is 0 Å². The fourth-order valence-electron chi connectivity index (χ4n) is 1.98. The average molecular weight is 388 g/mol. The number of nitrogens with zero attached hydrogens (tertiary/aromatic N) is 1. The number of hydrogen-bond acceptors (Lipinski definition) is 5. The zero-order valence-corrected chi connectivity index (χ0v) is 14.1. The van der Waals surface area contributed by atoms with E-state index < -0.39 is 24.6 Å². The minimum Gasteiger partial charge on any atom is -0.484 e. The Hall–Kier alpha value is -2.72. The zero-order chi connectivity index (χ0) is 19.1. The van der Waals surface area contributed by atoms with Gasteiger partial charge in [0.15, 0.2) is 5.75 Å². The molecule has 1 aromatic heterocycles. The van der Waals surface area contributed by atoms with E-state index in [4.69, 9.17) is 22.1 Å². The largest absolute Gasteiger partial charge is 0.484 e. The lowest BCUT2D eigenvalue weighted by atomic mass is 10.3. The SMILES string of the molecule is NCc1cc(=O)[nH]c(CNC(=O)Nc2cccc(Cl)c2OCC(F)F)n1. The summed E-state index contributed by atoms with van der Waals surface area (Å²) in [6.07, 6.45) is -2.69. The Balaban J connectivity index is 2.03. The number of H-pyrrole nitrogens is 1. The molecule has 0 saturated carbocycles. The predicted octanol–water partition coefficient (Wildman–Crippen LogP) is 1.85. The number of amides is 2. The number of aromatic nitrogens is 2. The summed E-state index contributed by atoms with van der Waals surface area (Å²) in [5.74, 6) is 0.148. The van der Waals surface area contributed by atoms with E-state index in [0.717, 1.165) is 0 Å². The number of hydrogen-bond donors (Lipinski definition) is 4. The summed E-state index contributed by atoms with van der Waals surface area (Å²) in [6, 6.07) is 4.99. The van der Waals surface area contributed by atoms with Crippen molar-refractivity contribution in [2.75, 3.05) is 11.9 Å². The van der Waals surface area contributed by atoms with Crippen molar-refractivity contribution in [2.45, 2.75) is 19.5 Å². The molecule has 11 heteroatoms. The third-order valence-corrected chi connectivity index (χ3v) is 3.34. The van der Waals surface area contributed by atoms with Crippen LogP contribution < -0.4 is 26.7 Å². The second-order valence-corrected chi connectivity index (χ2v) is 5.42. The van der Waals surface area contributed by atoms with Gasteiger partial charge in [-0.2, -0.15) is 0 Å². The molecule has 0 unspecified atom stereocenters. The van der Waals surface area contributed by atoms with Gasteiger partial charge in [-0.1, -0.05) is 17.7 Å². The minimum absolute atomic E-state index is 0.0683. The molecule has 0 fully saturated rings. The van der Waals surface area contributed by atoms with Crippen LogP contribution in [0.15, 0.2) is 29.1 Å². The molecule has 140 valence electrons. The number of halogens is 3. The van der Waals surface area contributed by atoms with E-state index in [-0.39, 0.29) is 35.4 Å². The molecule has 1 aromatic carbocycles. The molecule has 5 N–H and O–H groups in total. The first-order valence-electron chi connectivity index (χ1n) is 7.42. The highest BCUT2D eigenvalue weighted by Gasteiger charge is 2.14. The number of carbonyl (C=O) groups is 1. The third kappa shape index (κ3) is 5.67. The number of ether oxygens (including phenoxy) is 1. The number of rotatable bonds is 7. The van der Waals surface area contributed by atoms with Crippen molar-refractivity contribution in [1.29, 1.82) is 0 Å². The van der Waals surface area contributed by atoms with Crippen LogP contribution in [0.1, 0.15) is 11.5 Å². The normalized spacial score (nSPS) is 10.7. The first-order valence-corrected chi connectivity index (χ1v) is 7.80. The van der Waals surface area contributed by atoms with Gasteiger partial charge in [-0.05, 0) is 12.1 Å². The Kier molecular flexibility index (Phi) is 6.87. The third-order valence-electron chi connectivity index (χ3n) is 3.04. The van der Waals surface area contributed by atoms with Crippen LogP contribution in [0.5, 0.6) is 5.75 Å². The van der Waals surface area contributed by atoms with E-state index in [2.05, 4.69) is 20.6 Å². The van der Waals surface area contributed by atoms with Crippen molar-refractivity contribution < 1.29 is 18.3 Å².